The summed E-state index contributed by atoms with van der Waals surface area (Å²) in [6, 6.07) is 0. The van der Waals surface area contributed by atoms with Crippen molar-refractivity contribution in [1.29, 1.82) is 0 Å². The Hall–Kier alpha value is -0.370. The van der Waals surface area contributed by atoms with Crippen molar-refractivity contribution in [3.05, 3.63) is 0 Å². The summed E-state index contributed by atoms with van der Waals surface area (Å²) in [7, 11) is 0. The Balaban J connectivity index is 2.71. The summed E-state index contributed by atoms with van der Waals surface area (Å²) >= 11 is 0. The van der Waals surface area contributed by atoms with Crippen molar-refractivity contribution >= 4 is 0 Å². The Labute approximate surface area is 65.2 Å². The second kappa shape index (κ2) is 2.84. The molecule has 1 saturated heterocycles. The summed E-state index contributed by atoms with van der Waals surface area (Å²) in [6.45, 7) is 0. The lowest BCUT2D eigenvalue weighted by atomic mass is 10.1. The van der Waals surface area contributed by atoms with Gasteiger partial charge in [0, 0.05) is 0 Å². The summed E-state index contributed by atoms with van der Waals surface area (Å²) < 4.78 is 39.4. The number of hydrogen-bond donors (Lipinski definition) is 3. The molecule has 0 aromatic heterocycles. The maximum Gasteiger partial charge on any atom is 0.417 e. The van der Waals surface area contributed by atoms with Gasteiger partial charge >= 0.3 is 6.18 Å². The molecule has 0 aromatic rings. The number of aliphatic hydroxyl groups excluding tert-OH is 3. The minimum absolute atomic E-state index is 1.91. The highest BCUT2D eigenvalue weighted by molar-refractivity contribution is 4.89. The fraction of sp³-hybridized carbons (Fsp3) is 1.00. The van der Waals surface area contributed by atoms with Gasteiger partial charge in [-0.1, -0.05) is 0 Å². The van der Waals surface area contributed by atoms with E-state index in [0.29, 0.717) is 0 Å². The first-order valence-corrected chi connectivity index (χ1v) is 3.10. The first-order valence-electron chi connectivity index (χ1n) is 3.10. The zero-order valence-electron chi connectivity index (χ0n) is 5.69. The van der Waals surface area contributed by atoms with Crippen molar-refractivity contribution in [3.8, 4) is 0 Å². The molecule has 0 aliphatic carbocycles. The van der Waals surface area contributed by atoms with Crippen LogP contribution in [0.25, 0.3) is 0 Å². The van der Waals surface area contributed by atoms with Crippen LogP contribution < -0.4 is 0 Å². The van der Waals surface area contributed by atoms with Crippen LogP contribution in [0.2, 0.25) is 0 Å². The van der Waals surface area contributed by atoms with Gasteiger partial charge in [-0.3, -0.25) is 0 Å². The molecule has 0 saturated carbocycles. The highest BCUT2D eigenvalue weighted by Gasteiger charge is 2.55. The fourth-order valence-corrected chi connectivity index (χ4v) is 0.930. The molecule has 1 aliphatic rings. The van der Waals surface area contributed by atoms with E-state index in [9.17, 15) is 13.2 Å². The van der Waals surface area contributed by atoms with E-state index >= 15 is 0 Å². The molecule has 1 aliphatic heterocycles. The van der Waals surface area contributed by atoms with Gasteiger partial charge in [-0.05, 0) is 0 Å². The van der Waals surface area contributed by atoms with E-state index in [2.05, 4.69) is 4.74 Å². The molecule has 0 bridgehead atoms. The Morgan fingerprint density at radius 1 is 1.00 bits per heavy atom. The Morgan fingerprint density at radius 3 is 1.67 bits per heavy atom. The molecule has 1 fully saturated rings. The van der Waals surface area contributed by atoms with Gasteiger partial charge in [-0.15, -0.1) is 0 Å². The van der Waals surface area contributed by atoms with Gasteiger partial charge < -0.3 is 20.1 Å². The SMILES string of the molecule is OC1O[C@@H](C(F)(F)F)[C@@H](O)[C@H]1O. The van der Waals surface area contributed by atoms with Crippen LogP contribution in [0.15, 0.2) is 0 Å². The number of ether oxygens (including phenoxy) is 1. The van der Waals surface area contributed by atoms with Crippen molar-refractivity contribution in [2.75, 3.05) is 0 Å². The van der Waals surface area contributed by atoms with Gasteiger partial charge in [0.1, 0.15) is 12.2 Å². The van der Waals surface area contributed by atoms with Crippen LogP contribution in [0.5, 0.6) is 0 Å². The average molecular weight is 188 g/mol. The van der Waals surface area contributed by atoms with E-state index in [-0.39, 0.29) is 0 Å². The Kier molecular flexibility index (Phi) is 2.30. The second-order valence-electron chi connectivity index (χ2n) is 2.47. The first-order chi connectivity index (χ1) is 5.34. The Bertz CT molecular complexity index is 171. The number of halogens is 3. The van der Waals surface area contributed by atoms with Crippen LogP contribution >= 0.6 is 0 Å². The lowest BCUT2D eigenvalue weighted by molar-refractivity contribution is -0.248. The maximum absolute atomic E-state index is 11.9. The van der Waals surface area contributed by atoms with E-state index in [1.54, 1.807) is 0 Å². The number of hydrogen-bond acceptors (Lipinski definition) is 4. The van der Waals surface area contributed by atoms with E-state index in [1.165, 1.54) is 0 Å². The quantitative estimate of drug-likeness (QED) is 0.455. The van der Waals surface area contributed by atoms with Crippen LogP contribution in [0.1, 0.15) is 0 Å². The molecule has 0 radical (unpaired) electrons. The maximum atomic E-state index is 11.9. The van der Waals surface area contributed by atoms with Gasteiger partial charge in [0.2, 0.25) is 0 Å². The topological polar surface area (TPSA) is 69.9 Å². The molecule has 72 valence electrons. The third kappa shape index (κ3) is 1.53. The van der Waals surface area contributed by atoms with Crippen LogP contribution in [0, 0.1) is 0 Å². The minimum atomic E-state index is -4.78. The molecule has 7 heteroatoms. The average Bonchev–Trinajstić information content (AvgIpc) is 2.15. The molecular weight excluding hydrogens is 181 g/mol. The van der Waals surface area contributed by atoms with Crippen molar-refractivity contribution in [2.45, 2.75) is 30.8 Å². The van der Waals surface area contributed by atoms with Gasteiger partial charge in [0.05, 0.1) is 0 Å². The second-order valence-corrected chi connectivity index (χ2v) is 2.47. The molecule has 12 heavy (non-hydrogen) atoms. The smallest absolute Gasteiger partial charge is 0.387 e. The third-order valence-electron chi connectivity index (χ3n) is 1.56. The summed E-state index contributed by atoms with van der Waals surface area (Å²) in [5.41, 5.74) is 0. The van der Waals surface area contributed by atoms with Gasteiger partial charge in [-0.2, -0.15) is 13.2 Å². The summed E-state index contributed by atoms with van der Waals surface area (Å²) in [6.07, 6.45) is -13.3. The lowest BCUT2D eigenvalue weighted by Gasteiger charge is -2.16. The van der Waals surface area contributed by atoms with Crippen LogP contribution in [0.4, 0.5) is 13.2 Å². The predicted octanol–water partition coefficient (Wildman–Crippen LogP) is -1.01. The first kappa shape index (κ1) is 9.72. The molecule has 0 spiro atoms. The molecule has 0 aromatic carbocycles. The minimum Gasteiger partial charge on any atom is -0.387 e. The van der Waals surface area contributed by atoms with Crippen LogP contribution in [0.3, 0.4) is 0 Å². The normalized spacial score (nSPS) is 43.5. The number of aliphatic hydroxyl groups is 3. The molecule has 1 heterocycles. The van der Waals surface area contributed by atoms with E-state index < -0.39 is 30.8 Å². The van der Waals surface area contributed by atoms with Gasteiger partial charge in [0.15, 0.2) is 12.4 Å². The molecule has 4 nitrogen and oxygen atoms in total. The van der Waals surface area contributed by atoms with E-state index in [0.717, 1.165) is 0 Å². The fourth-order valence-electron chi connectivity index (χ4n) is 0.930. The molecule has 3 N–H and O–H groups in total. The molecule has 1 unspecified atom stereocenters. The van der Waals surface area contributed by atoms with E-state index in [4.69, 9.17) is 15.3 Å². The third-order valence-corrected chi connectivity index (χ3v) is 1.56. The van der Waals surface area contributed by atoms with Crippen molar-refractivity contribution in [3.63, 3.8) is 0 Å². The molecule has 1 rings (SSSR count). The highest BCUT2D eigenvalue weighted by atomic mass is 19.4. The zero-order valence-corrected chi connectivity index (χ0v) is 5.69. The standard InChI is InChI=1S/C5H7F3O4/c6-5(7,8)3-1(9)2(10)4(11)12-3/h1-4,9-11H/t1-,2+,3+,4?/m0/s1. The summed E-state index contributed by atoms with van der Waals surface area (Å²) in [4.78, 5) is 0. The molecule has 4 atom stereocenters. The Morgan fingerprint density at radius 2 is 1.50 bits per heavy atom. The van der Waals surface area contributed by atoms with Crippen molar-refractivity contribution in [2.24, 2.45) is 0 Å². The monoisotopic (exact) mass is 188 g/mol. The highest BCUT2D eigenvalue weighted by Crippen LogP contribution is 2.32. The van der Waals surface area contributed by atoms with Crippen LogP contribution in [-0.4, -0.2) is 46.1 Å². The number of rotatable bonds is 0. The molecule has 0 amide bonds. The number of alkyl halides is 3. The van der Waals surface area contributed by atoms with E-state index in [1.807, 2.05) is 0 Å². The van der Waals surface area contributed by atoms with Gasteiger partial charge in [0.25, 0.3) is 0 Å². The summed E-state index contributed by atoms with van der Waals surface area (Å²) in [5.74, 6) is 0. The predicted molar refractivity (Wildman–Crippen MR) is 28.9 cm³/mol. The summed E-state index contributed by atoms with van der Waals surface area (Å²) in [5, 5.41) is 26.0. The van der Waals surface area contributed by atoms with Gasteiger partial charge in [-0.25, -0.2) is 0 Å². The van der Waals surface area contributed by atoms with Crippen molar-refractivity contribution in [1.82, 2.24) is 0 Å². The lowest BCUT2D eigenvalue weighted by Crippen LogP contribution is -2.40. The van der Waals surface area contributed by atoms with Crippen LogP contribution in [-0.2, 0) is 4.74 Å². The van der Waals surface area contributed by atoms with Crippen molar-refractivity contribution < 1.29 is 33.2 Å². The molecular formula is C5H7F3O4. The zero-order chi connectivity index (χ0) is 9.52. The largest absolute Gasteiger partial charge is 0.417 e.